The van der Waals surface area contributed by atoms with Crippen LogP contribution >= 0.6 is 0 Å². The van der Waals surface area contributed by atoms with Crippen molar-refractivity contribution in [3.05, 3.63) is 47.7 Å². The summed E-state index contributed by atoms with van der Waals surface area (Å²) < 4.78 is 5.40. The first-order chi connectivity index (χ1) is 10.1. The third-order valence-electron chi connectivity index (χ3n) is 2.80. The number of pyridine rings is 1. The van der Waals surface area contributed by atoms with E-state index in [9.17, 15) is 4.79 Å². The molecule has 0 unspecified atom stereocenters. The Labute approximate surface area is 123 Å². The van der Waals surface area contributed by atoms with Crippen LogP contribution in [0.4, 0.5) is 11.5 Å². The Morgan fingerprint density at radius 2 is 1.95 bits per heavy atom. The van der Waals surface area contributed by atoms with Crippen molar-refractivity contribution in [1.29, 1.82) is 0 Å². The highest BCUT2D eigenvalue weighted by atomic mass is 16.5. The summed E-state index contributed by atoms with van der Waals surface area (Å²) in [5.74, 6) is 0.657. The average molecular weight is 286 g/mol. The molecule has 1 amide bonds. The summed E-state index contributed by atoms with van der Waals surface area (Å²) in [6.45, 7) is 2.78. The van der Waals surface area contributed by atoms with E-state index in [1.807, 2.05) is 31.2 Å². The molecule has 1 aromatic heterocycles. The summed E-state index contributed by atoms with van der Waals surface area (Å²) in [4.78, 5) is 15.7. The zero-order valence-corrected chi connectivity index (χ0v) is 11.8. The Balaban J connectivity index is 2.18. The fourth-order valence-corrected chi connectivity index (χ4v) is 1.80. The number of amides is 1. The number of anilines is 2. The first kappa shape index (κ1) is 14.8. The van der Waals surface area contributed by atoms with Gasteiger partial charge in [0.2, 0.25) is 0 Å². The second-order valence-corrected chi connectivity index (χ2v) is 4.50. The Bertz CT molecular complexity index is 626. The largest absolute Gasteiger partial charge is 0.492 e. The lowest BCUT2D eigenvalue weighted by atomic mass is 10.2. The smallest absolute Gasteiger partial charge is 0.252 e. The first-order valence-corrected chi connectivity index (χ1v) is 6.57. The summed E-state index contributed by atoms with van der Waals surface area (Å²) in [5, 5.41) is 3.09. The summed E-state index contributed by atoms with van der Waals surface area (Å²) in [6.07, 6.45) is 0. The number of hydrogen-bond donors (Lipinski definition) is 3. The van der Waals surface area contributed by atoms with Gasteiger partial charge in [-0.25, -0.2) is 4.98 Å². The summed E-state index contributed by atoms with van der Waals surface area (Å²) >= 11 is 0. The predicted molar refractivity (Wildman–Crippen MR) is 81.8 cm³/mol. The summed E-state index contributed by atoms with van der Waals surface area (Å²) in [7, 11) is 0. The lowest BCUT2D eigenvalue weighted by Gasteiger charge is -2.11. The number of hydrogen-bond acceptors (Lipinski definition) is 5. The number of nitrogens with one attached hydrogen (secondary N) is 1. The zero-order valence-electron chi connectivity index (χ0n) is 11.8. The number of aromatic nitrogens is 1. The second-order valence-electron chi connectivity index (χ2n) is 4.50. The van der Waals surface area contributed by atoms with E-state index in [-0.39, 0.29) is 0 Å². The lowest BCUT2D eigenvalue weighted by molar-refractivity contribution is 0.100. The second kappa shape index (κ2) is 6.71. The van der Waals surface area contributed by atoms with E-state index in [0.29, 0.717) is 24.5 Å². The molecule has 1 heterocycles. The zero-order chi connectivity index (χ0) is 15.2. The molecule has 0 saturated carbocycles. The number of aryl methyl sites for hydroxylation is 1. The SMILES string of the molecule is Cc1ccc(C(N)=O)c(Nc2ccc(OCCN)cc2)n1. The minimum atomic E-state index is -0.520. The van der Waals surface area contributed by atoms with E-state index in [4.69, 9.17) is 16.2 Å². The van der Waals surface area contributed by atoms with E-state index in [1.165, 1.54) is 0 Å². The maximum absolute atomic E-state index is 11.4. The van der Waals surface area contributed by atoms with Gasteiger partial charge < -0.3 is 21.5 Å². The van der Waals surface area contributed by atoms with E-state index in [1.54, 1.807) is 12.1 Å². The molecule has 110 valence electrons. The van der Waals surface area contributed by atoms with Crippen molar-refractivity contribution < 1.29 is 9.53 Å². The van der Waals surface area contributed by atoms with Gasteiger partial charge in [0.1, 0.15) is 18.2 Å². The molecule has 0 saturated heterocycles. The van der Waals surface area contributed by atoms with Crippen LogP contribution in [0, 0.1) is 6.92 Å². The lowest BCUT2D eigenvalue weighted by Crippen LogP contribution is -2.14. The molecule has 2 rings (SSSR count). The molecule has 1 aromatic carbocycles. The highest BCUT2D eigenvalue weighted by Gasteiger charge is 2.10. The molecule has 2 aromatic rings. The molecular formula is C15H18N4O2. The molecule has 0 aliphatic carbocycles. The third-order valence-corrected chi connectivity index (χ3v) is 2.80. The highest BCUT2D eigenvalue weighted by Crippen LogP contribution is 2.21. The molecule has 0 radical (unpaired) electrons. The van der Waals surface area contributed by atoms with Crippen LogP contribution in [0.15, 0.2) is 36.4 Å². The predicted octanol–water partition coefficient (Wildman–Crippen LogP) is 1.57. The standard InChI is InChI=1S/C15H18N4O2/c1-10-2-7-13(14(17)20)15(18-10)19-11-3-5-12(6-4-11)21-9-8-16/h2-7H,8-9,16H2,1H3,(H2,17,20)(H,18,19). The van der Waals surface area contributed by atoms with Crippen molar-refractivity contribution in [3.63, 3.8) is 0 Å². The van der Waals surface area contributed by atoms with Gasteiger partial charge in [0.25, 0.3) is 5.91 Å². The Morgan fingerprint density at radius 3 is 2.57 bits per heavy atom. The van der Waals surface area contributed by atoms with Crippen molar-refractivity contribution in [1.82, 2.24) is 4.98 Å². The van der Waals surface area contributed by atoms with E-state index < -0.39 is 5.91 Å². The molecule has 0 aliphatic heterocycles. The van der Waals surface area contributed by atoms with Crippen LogP contribution in [-0.2, 0) is 0 Å². The van der Waals surface area contributed by atoms with Gasteiger partial charge in [-0.15, -0.1) is 0 Å². The van der Waals surface area contributed by atoms with Crippen LogP contribution in [0.3, 0.4) is 0 Å². The number of carbonyl (C=O) groups excluding carboxylic acids is 1. The van der Waals surface area contributed by atoms with Crippen molar-refractivity contribution in [3.8, 4) is 5.75 Å². The number of primary amides is 1. The van der Waals surface area contributed by atoms with Crippen LogP contribution in [-0.4, -0.2) is 24.0 Å². The minimum absolute atomic E-state index is 0.351. The normalized spacial score (nSPS) is 10.2. The molecule has 5 N–H and O–H groups in total. The monoisotopic (exact) mass is 286 g/mol. The van der Waals surface area contributed by atoms with Gasteiger partial charge in [-0.3, -0.25) is 4.79 Å². The number of carbonyl (C=O) groups is 1. The fraction of sp³-hybridized carbons (Fsp3) is 0.200. The molecule has 21 heavy (non-hydrogen) atoms. The van der Waals surface area contributed by atoms with Crippen LogP contribution in [0.2, 0.25) is 0 Å². The van der Waals surface area contributed by atoms with Crippen LogP contribution in [0.25, 0.3) is 0 Å². The topological polar surface area (TPSA) is 103 Å². The number of nitrogens with zero attached hydrogens (tertiary/aromatic N) is 1. The quantitative estimate of drug-likeness (QED) is 0.748. The van der Waals surface area contributed by atoms with Crippen molar-refractivity contribution in [2.24, 2.45) is 11.5 Å². The minimum Gasteiger partial charge on any atom is -0.492 e. The number of rotatable bonds is 6. The summed E-state index contributed by atoms with van der Waals surface area (Å²) in [6, 6.07) is 10.7. The number of nitrogens with two attached hydrogens (primary N) is 2. The van der Waals surface area contributed by atoms with Gasteiger partial charge in [-0.05, 0) is 43.3 Å². The molecule has 6 nitrogen and oxygen atoms in total. The maximum atomic E-state index is 11.4. The molecule has 0 aliphatic rings. The first-order valence-electron chi connectivity index (χ1n) is 6.57. The maximum Gasteiger partial charge on any atom is 0.252 e. The fourth-order valence-electron chi connectivity index (χ4n) is 1.80. The van der Waals surface area contributed by atoms with E-state index >= 15 is 0 Å². The van der Waals surface area contributed by atoms with Gasteiger partial charge in [0.15, 0.2) is 0 Å². The molecule has 0 bridgehead atoms. The van der Waals surface area contributed by atoms with Crippen molar-refractivity contribution >= 4 is 17.4 Å². The van der Waals surface area contributed by atoms with Gasteiger partial charge in [-0.2, -0.15) is 0 Å². The average Bonchev–Trinajstić information content (AvgIpc) is 2.46. The van der Waals surface area contributed by atoms with Crippen molar-refractivity contribution in [2.75, 3.05) is 18.5 Å². The molecule has 0 spiro atoms. The van der Waals surface area contributed by atoms with E-state index in [2.05, 4.69) is 10.3 Å². The number of benzene rings is 1. The summed E-state index contributed by atoms with van der Waals surface area (Å²) in [5.41, 5.74) is 12.7. The van der Waals surface area contributed by atoms with Crippen molar-refractivity contribution in [2.45, 2.75) is 6.92 Å². The Hall–Kier alpha value is -2.60. The molecule has 0 atom stereocenters. The third kappa shape index (κ3) is 3.93. The van der Waals surface area contributed by atoms with Gasteiger partial charge in [0, 0.05) is 17.9 Å². The molecule has 6 heteroatoms. The molecule has 0 fully saturated rings. The van der Waals surface area contributed by atoms with Gasteiger partial charge >= 0.3 is 0 Å². The van der Waals surface area contributed by atoms with Crippen LogP contribution in [0.5, 0.6) is 5.75 Å². The Morgan fingerprint density at radius 1 is 1.24 bits per heavy atom. The number of ether oxygens (including phenoxy) is 1. The van der Waals surface area contributed by atoms with Gasteiger partial charge in [0.05, 0.1) is 5.56 Å². The van der Waals surface area contributed by atoms with Gasteiger partial charge in [-0.1, -0.05) is 0 Å². The van der Waals surface area contributed by atoms with Crippen LogP contribution in [0.1, 0.15) is 16.1 Å². The Kier molecular flexibility index (Phi) is 4.73. The molecular weight excluding hydrogens is 268 g/mol. The van der Waals surface area contributed by atoms with E-state index in [0.717, 1.165) is 17.1 Å². The van der Waals surface area contributed by atoms with Crippen LogP contribution < -0.4 is 21.5 Å². The highest BCUT2D eigenvalue weighted by molar-refractivity contribution is 5.98.